The Morgan fingerprint density at radius 2 is 1.74 bits per heavy atom. The molecule has 100 valence electrons. The summed E-state index contributed by atoms with van der Waals surface area (Å²) in [4.78, 5) is 8.17. The van der Waals surface area contributed by atoms with Crippen molar-refractivity contribution in [2.75, 3.05) is 16.4 Å². The maximum atomic E-state index is 12.8. The summed E-state index contributed by atoms with van der Waals surface area (Å²) < 4.78 is 12.8. The van der Waals surface area contributed by atoms with Crippen molar-refractivity contribution >= 4 is 23.0 Å². The van der Waals surface area contributed by atoms with Gasteiger partial charge in [0.25, 0.3) is 0 Å². The Bertz CT molecular complexity index is 553. The molecule has 0 amide bonds. The second-order valence-electron chi connectivity index (χ2n) is 4.42. The molecule has 6 heteroatoms. The van der Waals surface area contributed by atoms with Gasteiger partial charge >= 0.3 is 0 Å². The summed E-state index contributed by atoms with van der Waals surface area (Å²) in [6.07, 6.45) is 1.42. The van der Waals surface area contributed by atoms with Gasteiger partial charge in [0.1, 0.15) is 17.8 Å². The number of hydrogen-bond donors (Lipinski definition) is 3. The number of rotatable bonds is 4. The average molecular weight is 261 g/mol. The van der Waals surface area contributed by atoms with E-state index in [0.29, 0.717) is 23.0 Å². The Kier molecular flexibility index (Phi) is 3.79. The molecule has 0 atom stereocenters. The van der Waals surface area contributed by atoms with Crippen molar-refractivity contribution in [3.63, 3.8) is 0 Å². The van der Waals surface area contributed by atoms with Crippen LogP contribution in [0.15, 0.2) is 30.6 Å². The lowest BCUT2D eigenvalue weighted by Gasteiger charge is -2.14. The lowest BCUT2D eigenvalue weighted by molar-refractivity contribution is 0.628. The molecule has 1 aromatic carbocycles. The van der Waals surface area contributed by atoms with Crippen LogP contribution in [-0.4, -0.2) is 16.0 Å². The van der Waals surface area contributed by atoms with Crippen molar-refractivity contribution in [1.29, 1.82) is 0 Å². The van der Waals surface area contributed by atoms with Crippen LogP contribution in [0.25, 0.3) is 0 Å². The number of nitrogens with two attached hydrogens (primary N) is 1. The smallest absolute Gasteiger partial charge is 0.159 e. The van der Waals surface area contributed by atoms with Crippen LogP contribution in [0.2, 0.25) is 0 Å². The summed E-state index contributed by atoms with van der Waals surface area (Å²) >= 11 is 0. The fourth-order valence-electron chi connectivity index (χ4n) is 1.55. The van der Waals surface area contributed by atoms with Gasteiger partial charge in [0, 0.05) is 11.7 Å². The third kappa shape index (κ3) is 3.31. The first-order valence-corrected chi connectivity index (χ1v) is 5.96. The van der Waals surface area contributed by atoms with Crippen LogP contribution in [-0.2, 0) is 0 Å². The predicted molar refractivity (Wildman–Crippen MR) is 74.9 cm³/mol. The Morgan fingerprint density at radius 1 is 1.11 bits per heavy atom. The molecular weight excluding hydrogens is 245 g/mol. The van der Waals surface area contributed by atoms with E-state index in [1.807, 2.05) is 13.8 Å². The zero-order chi connectivity index (χ0) is 13.8. The topological polar surface area (TPSA) is 75.9 Å². The van der Waals surface area contributed by atoms with Gasteiger partial charge in [-0.1, -0.05) is 0 Å². The third-order valence-electron chi connectivity index (χ3n) is 2.42. The number of nitrogen functional groups attached to an aromatic ring is 1. The molecule has 0 fully saturated rings. The van der Waals surface area contributed by atoms with Crippen molar-refractivity contribution in [2.45, 2.75) is 19.9 Å². The van der Waals surface area contributed by atoms with Crippen molar-refractivity contribution in [1.82, 2.24) is 9.97 Å². The van der Waals surface area contributed by atoms with Crippen molar-refractivity contribution in [3.05, 3.63) is 36.4 Å². The van der Waals surface area contributed by atoms with Crippen LogP contribution >= 0.6 is 0 Å². The molecule has 2 aromatic rings. The molecule has 0 aliphatic rings. The second kappa shape index (κ2) is 5.51. The number of hydrogen-bond acceptors (Lipinski definition) is 5. The first-order valence-electron chi connectivity index (χ1n) is 5.96. The molecular formula is C13H16FN5. The zero-order valence-electron chi connectivity index (χ0n) is 10.8. The Hall–Kier alpha value is -2.37. The SMILES string of the molecule is CC(C)Nc1ncnc(Nc2ccc(F)cc2)c1N. The van der Waals surface area contributed by atoms with Gasteiger partial charge in [-0.3, -0.25) is 0 Å². The van der Waals surface area contributed by atoms with E-state index in [0.717, 1.165) is 0 Å². The summed E-state index contributed by atoms with van der Waals surface area (Å²) in [5.74, 6) is 0.780. The molecule has 0 aliphatic heterocycles. The summed E-state index contributed by atoms with van der Waals surface area (Å²) in [6, 6.07) is 6.19. The van der Waals surface area contributed by atoms with E-state index in [4.69, 9.17) is 5.73 Å². The van der Waals surface area contributed by atoms with E-state index < -0.39 is 0 Å². The molecule has 5 nitrogen and oxygen atoms in total. The molecule has 4 N–H and O–H groups in total. The first kappa shape index (κ1) is 13.1. The highest BCUT2D eigenvalue weighted by molar-refractivity contribution is 5.77. The van der Waals surface area contributed by atoms with Gasteiger partial charge in [0.15, 0.2) is 11.6 Å². The average Bonchev–Trinajstić information content (AvgIpc) is 2.36. The molecule has 1 aromatic heterocycles. The van der Waals surface area contributed by atoms with Crippen LogP contribution in [0, 0.1) is 5.82 Å². The Morgan fingerprint density at radius 3 is 2.37 bits per heavy atom. The van der Waals surface area contributed by atoms with E-state index in [1.165, 1.54) is 18.5 Å². The number of halogens is 1. The number of nitrogens with one attached hydrogen (secondary N) is 2. The van der Waals surface area contributed by atoms with Crippen LogP contribution in [0.3, 0.4) is 0 Å². The highest BCUT2D eigenvalue weighted by Gasteiger charge is 2.09. The van der Waals surface area contributed by atoms with E-state index in [2.05, 4.69) is 20.6 Å². The van der Waals surface area contributed by atoms with Crippen molar-refractivity contribution in [2.24, 2.45) is 0 Å². The molecule has 0 unspecified atom stereocenters. The molecule has 0 radical (unpaired) electrons. The van der Waals surface area contributed by atoms with E-state index in [9.17, 15) is 4.39 Å². The normalized spacial score (nSPS) is 10.5. The maximum absolute atomic E-state index is 12.8. The minimum absolute atomic E-state index is 0.218. The number of aromatic nitrogens is 2. The lowest BCUT2D eigenvalue weighted by atomic mass is 10.3. The zero-order valence-corrected chi connectivity index (χ0v) is 10.8. The minimum atomic E-state index is -0.289. The third-order valence-corrected chi connectivity index (χ3v) is 2.42. The standard InChI is InChI=1S/C13H16FN5/c1-8(2)18-12-11(15)13(17-7-16-12)19-10-5-3-9(14)4-6-10/h3-8H,15H2,1-2H3,(H2,16,17,18,19). The summed E-state index contributed by atoms with van der Waals surface area (Å²) in [7, 11) is 0. The second-order valence-corrected chi connectivity index (χ2v) is 4.42. The van der Waals surface area contributed by atoms with Crippen LogP contribution in [0.5, 0.6) is 0 Å². The minimum Gasteiger partial charge on any atom is -0.393 e. The Balaban J connectivity index is 2.23. The van der Waals surface area contributed by atoms with Gasteiger partial charge in [-0.15, -0.1) is 0 Å². The summed E-state index contributed by atoms with van der Waals surface area (Å²) in [6.45, 7) is 3.99. The summed E-state index contributed by atoms with van der Waals surface area (Å²) in [5, 5.41) is 6.16. The van der Waals surface area contributed by atoms with E-state index in [-0.39, 0.29) is 11.9 Å². The highest BCUT2D eigenvalue weighted by Crippen LogP contribution is 2.26. The number of anilines is 4. The lowest BCUT2D eigenvalue weighted by Crippen LogP contribution is -2.14. The molecule has 0 spiro atoms. The van der Waals surface area contributed by atoms with Crippen LogP contribution < -0.4 is 16.4 Å². The molecule has 19 heavy (non-hydrogen) atoms. The molecule has 0 saturated carbocycles. The van der Waals surface area contributed by atoms with Gasteiger partial charge in [0.05, 0.1) is 0 Å². The first-order chi connectivity index (χ1) is 9.06. The fourth-order valence-corrected chi connectivity index (χ4v) is 1.55. The van der Waals surface area contributed by atoms with Gasteiger partial charge in [-0.25, -0.2) is 14.4 Å². The van der Waals surface area contributed by atoms with Gasteiger partial charge < -0.3 is 16.4 Å². The van der Waals surface area contributed by atoms with Gasteiger partial charge in [0.2, 0.25) is 0 Å². The fraction of sp³-hybridized carbons (Fsp3) is 0.231. The van der Waals surface area contributed by atoms with Crippen molar-refractivity contribution in [3.8, 4) is 0 Å². The van der Waals surface area contributed by atoms with Crippen LogP contribution in [0.4, 0.5) is 27.4 Å². The monoisotopic (exact) mass is 261 g/mol. The van der Waals surface area contributed by atoms with Gasteiger partial charge in [-0.05, 0) is 38.1 Å². The van der Waals surface area contributed by atoms with Crippen LogP contribution in [0.1, 0.15) is 13.8 Å². The predicted octanol–water partition coefficient (Wildman–Crippen LogP) is 2.76. The van der Waals surface area contributed by atoms with E-state index >= 15 is 0 Å². The van der Waals surface area contributed by atoms with Crippen molar-refractivity contribution < 1.29 is 4.39 Å². The summed E-state index contributed by atoms with van der Waals surface area (Å²) in [5.41, 5.74) is 7.13. The quantitative estimate of drug-likeness (QED) is 0.789. The van der Waals surface area contributed by atoms with Gasteiger partial charge in [-0.2, -0.15) is 0 Å². The number of nitrogens with zero attached hydrogens (tertiary/aromatic N) is 2. The molecule has 0 saturated heterocycles. The largest absolute Gasteiger partial charge is 0.393 e. The number of benzene rings is 1. The highest BCUT2D eigenvalue weighted by atomic mass is 19.1. The maximum Gasteiger partial charge on any atom is 0.159 e. The molecule has 0 aliphatic carbocycles. The Labute approximate surface area is 111 Å². The molecule has 1 heterocycles. The molecule has 0 bridgehead atoms. The molecule has 2 rings (SSSR count). The van der Waals surface area contributed by atoms with E-state index in [1.54, 1.807) is 12.1 Å².